The molecule has 0 fully saturated rings. The SMILES string of the molecule is O=C(Nc1nc2ccccc2s1)c1sc2cc(F)ccc2c1Cl. The third-order valence-corrected chi connectivity index (χ3v) is 5.92. The molecule has 3 nitrogen and oxygen atoms in total. The first kappa shape index (κ1) is 14.6. The molecule has 4 aromatic rings. The molecule has 0 bridgehead atoms. The van der Waals surface area contributed by atoms with Crippen molar-refractivity contribution in [3.63, 3.8) is 0 Å². The number of rotatable bonds is 2. The van der Waals surface area contributed by atoms with Gasteiger partial charge in [-0.3, -0.25) is 10.1 Å². The van der Waals surface area contributed by atoms with E-state index < -0.39 is 0 Å². The van der Waals surface area contributed by atoms with Gasteiger partial charge in [0.05, 0.1) is 15.2 Å². The van der Waals surface area contributed by atoms with Gasteiger partial charge in [-0.15, -0.1) is 11.3 Å². The van der Waals surface area contributed by atoms with E-state index in [1.807, 2.05) is 24.3 Å². The molecule has 0 aliphatic rings. The number of nitrogens with one attached hydrogen (secondary N) is 1. The molecule has 7 heteroatoms. The van der Waals surface area contributed by atoms with E-state index in [0.29, 0.717) is 25.1 Å². The molecule has 0 atom stereocenters. The van der Waals surface area contributed by atoms with Crippen LogP contribution in [0.5, 0.6) is 0 Å². The van der Waals surface area contributed by atoms with Gasteiger partial charge < -0.3 is 0 Å². The van der Waals surface area contributed by atoms with Gasteiger partial charge in [0.15, 0.2) is 5.13 Å². The molecular weight excluding hydrogens is 355 g/mol. The highest BCUT2D eigenvalue weighted by Crippen LogP contribution is 2.36. The Labute approximate surface area is 143 Å². The standard InChI is InChI=1S/C16H8ClFN2OS2/c17-13-9-6-5-8(18)7-12(9)22-14(13)15(21)20-16-19-10-3-1-2-4-11(10)23-16/h1-7H,(H,19,20,21). The Hall–Kier alpha value is -2.02. The number of carbonyl (C=O) groups is 1. The van der Waals surface area contributed by atoms with Crippen molar-refractivity contribution in [1.29, 1.82) is 0 Å². The van der Waals surface area contributed by atoms with Crippen LogP contribution >= 0.6 is 34.3 Å². The number of hydrogen-bond acceptors (Lipinski definition) is 4. The number of aromatic nitrogens is 1. The second kappa shape index (κ2) is 5.56. The van der Waals surface area contributed by atoms with Crippen molar-refractivity contribution in [2.24, 2.45) is 0 Å². The molecule has 0 spiro atoms. The number of halogens is 2. The Morgan fingerprint density at radius 1 is 1.13 bits per heavy atom. The molecule has 0 radical (unpaired) electrons. The number of nitrogens with zero attached hydrogens (tertiary/aromatic N) is 1. The number of thiazole rings is 1. The Kier molecular flexibility index (Phi) is 3.52. The summed E-state index contributed by atoms with van der Waals surface area (Å²) in [5.74, 6) is -0.691. The second-order valence-corrected chi connectivity index (χ2v) is 7.29. The maximum Gasteiger partial charge on any atom is 0.269 e. The normalized spacial score (nSPS) is 11.2. The van der Waals surface area contributed by atoms with Gasteiger partial charge in [-0.25, -0.2) is 9.37 Å². The third-order valence-electron chi connectivity index (χ3n) is 3.31. The van der Waals surface area contributed by atoms with E-state index in [4.69, 9.17) is 11.6 Å². The first-order valence-electron chi connectivity index (χ1n) is 6.66. The quantitative estimate of drug-likeness (QED) is 0.507. The van der Waals surface area contributed by atoms with Crippen LogP contribution < -0.4 is 5.32 Å². The maximum atomic E-state index is 13.3. The molecular formula is C16H8ClFN2OS2. The molecule has 0 saturated carbocycles. The zero-order valence-corrected chi connectivity index (χ0v) is 13.9. The molecule has 0 unspecified atom stereocenters. The molecule has 4 rings (SSSR count). The molecule has 1 amide bonds. The first-order chi connectivity index (χ1) is 11.1. The van der Waals surface area contributed by atoms with Crippen molar-refractivity contribution in [3.05, 3.63) is 58.2 Å². The Balaban J connectivity index is 1.70. The number of anilines is 1. The van der Waals surface area contributed by atoms with Crippen LogP contribution in [0.1, 0.15) is 9.67 Å². The minimum Gasteiger partial charge on any atom is -0.297 e. The highest BCUT2D eigenvalue weighted by Gasteiger charge is 2.18. The van der Waals surface area contributed by atoms with Crippen LogP contribution in [0, 0.1) is 5.82 Å². The summed E-state index contributed by atoms with van der Waals surface area (Å²) in [6, 6.07) is 11.9. The summed E-state index contributed by atoms with van der Waals surface area (Å²) in [5, 5.41) is 4.29. The van der Waals surface area contributed by atoms with Crippen molar-refractivity contribution in [2.45, 2.75) is 0 Å². The summed E-state index contributed by atoms with van der Waals surface area (Å²) in [6.45, 7) is 0. The zero-order valence-electron chi connectivity index (χ0n) is 11.5. The van der Waals surface area contributed by atoms with Crippen LogP contribution in [-0.2, 0) is 0 Å². The molecule has 114 valence electrons. The van der Waals surface area contributed by atoms with Crippen molar-refractivity contribution in [3.8, 4) is 0 Å². The number of benzene rings is 2. The second-order valence-electron chi connectivity index (χ2n) is 4.83. The maximum absolute atomic E-state index is 13.3. The van der Waals surface area contributed by atoms with E-state index in [-0.39, 0.29) is 11.7 Å². The highest BCUT2D eigenvalue weighted by molar-refractivity contribution is 7.23. The molecule has 1 N–H and O–H groups in total. The van der Waals surface area contributed by atoms with Crippen molar-refractivity contribution >= 4 is 65.6 Å². The van der Waals surface area contributed by atoms with Gasteiger partial charge in [-0.1, -0.05) is 35.1 Å². The van der Waals surface area contributed by atoms with E-state index in [1.54, 1.807) is 6.07 Å². The summed E-state index contributed by atoms with van der Waals surface area (Å²) < 4.78 is 14.9. The average molecular weight is 363 g/mol. The first-order valence-corrected chi connectivity index (χ1v) is 8.67. The summed E-state index contributed by atoms with van der Waals surface area (Å²) in [6.07, 6.45) is 0. The van der Waals surface area contributed by atoms with Gasteiger partial charge in [0.25, 0.3) is 5.91 Å². The number of amides is 1. The van der Waals surface area contributed by atoms with E-state index in [2.05, 4.69) is 10.3 Å². The monoisotopic (exact) mass is 362 g/mol. The lowest BCUT2D eigenvalue weighted by Crippen LogP contribution is -2.10. The van der Waals surface area contributed by atoms with Crippen LogP contribution in [-0.4, -0.2) is 10.9 Å². The lowest BCUT2D eigenvalue weighted by Gasteiger charge is -1.98. The van der Waals surface area contributed by atoms with Gasteiger partial charge in [0, 0.05) is 10.1 Å². The number of para-hydroxylation sites is 1. The van der Waals surface area contributed by atoms with Gasteiger partial charge in [-0.2, -0.15) is 0 Å². The lowest BCUT2D eigenvalue weighted by atomic mass is 10.2. The van der Waals surface area contributed by atoms with Crippen LogP contribution in [0.25, 0.3) is 20.3 Å². The molecule has 0 aliphatic heterocycles. The molecule has 0 saturated heterocycles. The van der Waals surface area contributed by atoms with Crippen molar-refractivity contribution in [1.82, 2.24) is 4.98 Å². The van der Waals surface area contributed by atoms with Crippen molar-refractivity contribution in [2.75, 3.05) is 5.32 Å². The van der Waals surface area contributed by atoms with Crippen LogP contribution in [0.4, 0.5) is 9.52 Å². The van der Waals surface area contributed by atoms with Gasteiger partial charge in [0.2, 0.25) is 0 Å². The number of carbonyl (C=O) groups excluding carboxylic acids is 1. The Bertz CT molecular complexity index is 1020. The van der Waals surface area contributed by atoms with Crippen LogP contribution in [0.2, 0.25) is 5.02 Å². The minimum atomic E-state index is -0.353. The van der Waals surface area contributed by atoms with Gasteiger partial charge in [-0.05, 0) is 30.3 Å². The fourth-order valence-electron chi connectivity index (χ4n) is 2.26. The largest absolute Gasteiger partial charge is 0.297 e. The summed E-state index contributed by atoms with van der Waals surface area (Å²) in [4.78, 5) is 17.2. The fraction of sp³-hybridized carbons (Fsp3) is 0. The van der Waals surface area contributed by atoms with E-state index in [1.165, 1.54) is 34.8 Å². The third kappa shape index (κ3) is 2.59. The van der Waals surface area contributed by atoms with Gasteiger partial charge in [0.1, 0.15) is 10.7 Å². The van der Waals surface area contributed by atoms with Crippen LogP contribution in [0.3, 0.4) is 0 Å². The molecule has 2 heterocycles. The van der Waals surface area contributed by atoms with E-state index in [9.17, 15) is 9.18 Å². The summed E-state index contributed by atoms with van der Waals surface area (Å²) >= 11 is 8.82. The zero-order chi connectivity index (χ0) is 16.0. The molecule has 2 aromatic heterocycles. The molecule has 2 aromatic carbocycles. The lowest BCUT2D eigenvalue weighted by molar-refractivity contribution is 0.103. The fourth-order valence-corrected chi connectivity index (χ4v) is 4.56. The van der Waals surface area contributed by atoms with E-state index >= 15 is 0 Å². The average Bonchev–Trinajstić information content (AvgIpc) is 3.07. The summed E-state index contributed by atoms with van der Waals surface area (Å²) in [5.41, 5.74) is 0.831. The smallest absolute Gasteiger partial charge is 0.269 e. The predicted molar refractivity (Wildman–Crippen MR) is 94.4 cm³/mol. The summed E-state index contributed by atoms with van der Waals surface area (Å²) in [7, 11) is 0. The number of fused-ring (bicyclic) bond motifs is 2. The van der Waals surface area contributed by atoms with Crippen LogP contribution in [0.15, 0.2) is 42.5 Å². The Morgan fingerprint density at radius 3 is 2.78 bits per heavy atom. The minimum absolute atomic E-state index is 0.337. The molecule has 0 aliphatic carbocycles. The topological polar surface area (TPSA) is 42.0 Å². The highest BCUT2D eigenvalue weighted by atomic mass is 35.5. The molecule has 23 heavy (non-hydrogen) atoms. The van der Waals surface area contributed by atoms with Gasteiger partial charge >= 0.3 is 0 Å². The van der Waals surface area contributed by atoms with Crippen molar-refractivity contribution < 1.29 is 9.18 Å². The Morgan fingerprint density at radius 2 is 1.96 bits per heavy atom. The number of thiophene rings is 1. The number of hydrogen-bond donors (Lipinski definition) is 1. The van der Waals surface area contributed by atoms with E-state index in [0.717, 1.165) is 10.2 Å². The predicted octanol–water partition coefficient (Wildman–Crippen LogP) is 5.56.